The van der Waals surface area contributed by atoms with Crippen molar-refractivity contribution in [3.8, 4) is 0 Å². The summed E-state index contributed by atoms with van der Waals surface area (Å²) in [5.74, 6) is -1.09. The number of carboxylic acid groups (broad SMARTS) is 1. The summed E-state index contributed by atoms with van der Waals surface area (Å²) < 4.78 is 1.12. The van der Waals surface area contributed by atoms with Gasteiger partial charge in [-0.3, -0.25) is 9.36 Å². The van der Waals surface area contributed by atoms with Crippen molar-refractivity contribution < 1.29 is 19.8 Å². The number of aromatic carboxylic acids is 1. The molecule has 1 rings (SSSR count). The molecule has 70 valence electrons. The number of hydrogen-bond donors (Lipinski definition) is 2. The molecular weight excluding hydrogens is 174 g/mol. The molecule has 0 amide bonds. The second-order valence-corrected chi connectivity index (χ2v) is 2.53. The maximum atomic E-state index is 10.6. The average Bonchev–Trinajstić information content (AvgIpc) is 2.48. The monoisotopic (exact) mass is 183 g/mol. The lowest BCUT2D eigenvalue weighted by Crippen LogP contribution is -2.00. The number of carbonyl (C=O) groups is 2. The van der Waals surface area contributed by atoms with Crippen LogP contribution < -0.4 is 0 Å². The van der Waals surface area contributed by atoms with Crippen LogP contribution in [0, 0.1) is 0 Å². The van der Waals surface area contributed by atoms with E-state index >= 15 is 0 Å². The number of rotatable bonds is 4. The third-order valence-corrected chi connectivity index (χ3v) is 1.66. The molecule has 0 aliphatic carbocycles. The van der Waals surface area contributed by atoms with Crippen LogP contribution in [0.15, 0.2) is 12.4 Å². The maximum absolute atomic E-state index is 10.6. The lowest BCUT2D eigenvalue weighted by Gasteiger charge is -1.94. The van der Waals surface area contributed by atoms with Gasteiger partial charge < -0.3 is 10.2 Å². The van der Waals surface area contributed by atoms with Gasteiger partial charge in [-0.2, -0.15) is 0 Å². The summed E-state index contributed by atoms with van der Waals surface area (Å²) in [6, 6.07) is 0. The Balaban J connectivity index is 3.07. The Morgan fingerprint density at radius 3 is 2.69 bits per heavy atom. The molecule has 1 aromatic heterocycles. The van der Waals surface area contributed by atoms with Crippen molar-refractivity contribution in [2.75, 3.05) is 6.61 Å². The molecule has 0 aliphatic rings. The fraction of sp³-hybridized carbons (Fsp3) is 0.250. The minimum Gasteiger partial charge on any atom is -0.478 e. The van der Waals surface area contributed by atoms with E-state index in [1.54, 1.807) is 0 Å². The highest BCUT2D eigenvalue weighted by molar-refractivity contribution is 5.89. The van der Waals surface area contributed by atoms with E-state index in [1.165, 1.54) is 12.4 Å². The van der Waals surface area contributed by atoms with Crippen LogP contribution in [-0.4, -0.2) is 33.8 Å². The first-order chi connectivity index (χ1) is 6.19. The molecule has 5 nitrogen and oxygen atoms in total. The molecule has 1 heterocycles. The van der Waals surface area contributed by atoms with Gasteiger partial charge in [-0.1, -0.05) is 0 Å². The van der Waals surface area contributed by atoms with Gasteiger partial charge in [-0.15, -0.1) is 0 Å². The zero-order valence-electron chi connectivity index (χ0n) is 6.80. The molecule has 0 unspecified atom stereocenters. The number of aliphatic hydroxyl groups excluding tert-OH is 1. The van der Waals surface area contributed by atoms with Gasteiger partial charge in [0.1, 0.15) is 0 Å². The number of aliphatic hydroxyl groups is 1. The molecule has 0 radical (unpaired) electrons. The molecule has 2 N–H and O–H groups in total. The van der Waals surface area contributed by atoms with Gasteiger partial charge >= 0.3 is 5.97 Å². The molecule has 1 aromatic rings. The fourth-order valence-corrected chi connectivity index (χ4v) is 1.09. The Morgan fingerprint density at radius 1 is 1.54 bits per heavy atom. The van der Waals surface area contributed by atoms with E-state index < -0.39 is 5.97 Å². The van der Waals surface area contributed by atoms with Crippen LogP contribution in [0.2, 0.25) is 0 Å². The first-order valence-electron chi connectivity index (χ1n) is 3.69. The van der Waals surface area contributed by atoms with Crippen LogP contribution >= 0.6 is 0 Å². The van der Waals surface area contributed by atoms with Gasteiger partial charge in [-0.05, 0) is 12.0 Å². The third-order valence-electron chi connectivity index (χ3n) is 1.66. The van der Waals surface area contributed by atoms with Crippen LogP contribution in [0.5, 0.6) is 0 Å². The molecule has 0 saturated heterocycles. The molecule has 0 bridgehead atoms. The van der Waals surface area contributed by atoms with Crippen LogP contribution in [0.1, 0.15) is 15.9 Å². The van der Waals surface area contributed by atoms with Crippen molar-refractivity contribution >= 4 is 12.4 Å². The molecule has 13 heavy (non-hydrogen) atoms. The number of hydrogen-bond acceptors (Lipinski definition) is 3. The first kappa shape index (κ1) is 9.47. The quantitative estimate of drug-likeness (QED) is 0.631. The third kappa shape index (κ3) is 1.94. The second-order valence-electron chi connectivity index (χ2n) is 2.53. The Morgan fingerprint density at radius 2 is 2.23 bits per heavy atom. The number of carboxylic acids is 1. The summed E-state index contributed by atoms with van der Waals surface area (Å²) in [6.45, 7) is -0.136. The fourth-order valence-electron chi connectivity index (χ4n) is 1.09. The van der Waals surface area contributed by atoms with E-state index in [4.69, 9.17) is 10.2 Å². The number of nitrogens with zero attached hydrogens (tertiary/aromatic N) is 1. The molecule has 0 fully saturated rings. The Kier molecular flexibility index (Phi) is 2.81. The standard InChI is InChI=1S/C8H9NO4/c10-2-1-6-3-9(5-11)4-7(6)8(12)13/h3-5,10H,1-2H2,(H,12,13). The van der Waals surface area contributed by atoms with Crippen molar-refractivity contribution in [3.63, 3.8) is 0 Å². The van der Waals surface area contributed by atoms with Crippen LogP contribution in [0.4, 0.5) is 0 Å². The molecule has 0 spiro atoms. The van der Waals surface area contributed by atoms with E-state index in [1.807, 2.05) is 0 Å². The maximum Gasteiger partial charge on any atom is 0.337 e. The summed E-state index contributed by atoms with van der Waals surface area (Å²) in [6.07, 6.45) is 3.36. The predicted octanol–water partition coefficient (Wildman–Crippen LogP) is -0.241. The number of carbonyl (C=O) groups excluding carboxylic acids is 1. The van der Waals surface area contributed by atoms with Crippen molar-refractivity contribution in [3.05, 3.63) is 23.5 Å². The molecule has 5 heteroatoms. The van der Waals surface area contributed by atoms with E-state index in [0.29, 0.717) is 12.0 Å². The van der Waals surface area contributed by atoms with Crippen molar-refractivity contribution in [1.82, 2.24) is 4.57 Å². The lowest BCUT2D eigenvalue weighted by molar-refractivity contribution is 0.0696. The van der Waals surface area contributed by atoms with Gasteiger partial charge in [-0.25, -0.2) is 4.79 Å². The van der Waals surface area contributed by atoms with E-state index in [-0.39, 0.29) is 18.6 Å². The summed E-state index contributed by atoms with van der Waals surface area (Å²) in [7, 11) is 0. The van der Waals surface area contributed by atoms with Crippen LogP contribution in [0.25, 0.3) is 0 Å². The molecule has 0 aliphatic heterocycles. The van der Waals surface area contributed by atoms with Gasteiger partial charge in [0.2, 0.25) is 6.41 Å². The highest BCUT2D eigenvalue weighted by atomic mass is 16.4. The summed E-state index contributed by atoms with van der Waals surface area (Å²) in [5, 5.41) is 17.3. The Bertz CT molecular complexity index is 329. The van der Waals surface area contributed by atoms with Crippen molar-refractivity contribution in [2.24, 2.45) is 0 Å². The van der Waals surface area contributed by atoms with Crippen LogP contribution in [-0.2, 0) is 11.2 Å². The predicted molar refractivity (Wildman–Crippen MR) is 44.3 cm³/mol. The van der Waals surface area contributed by atoms with E-state index in [9.17, 15) is 9.59 Å². The normalized spacial score (nSPS) is 9.92. The first-order valence-corrected chi connectivity index (χ1v) is 3.69. The highest BCUT2D eigenvalue weighted by Crippen LogP contribution is 2.10. The molecule has 0 aromatic carbocycles. The van der Waals surface area contributed by atoms with Gasteiger partial charge in [0.15, 0.2) is 0 Å². The Hall–Kier alpha value is -1.62. The Labute approximate surface area is 74.2 Å². The SMILES string of the molecule is O=Cn1cc(CCO)c(C(=O)O)c1. The van der Waals surface area contributed by atoms with Crippen molar-refractivity contribution in [2.45, 2.75) is 6.42 Å². The number of aromatic nitrogens is 1. The van der Waals surface area contributed by atoms with E-state index in [2.05, 4.69) is 0 Å². The van der Waals surface area contributed by atoms with Gasteiger partial charge in [0.05, 0.1) is 5.56 Å². The summed E-state index contributed by atoms with van der Waals surface area (Å²) in [5.41, 5.74) is 0.517. The van der Waals surface area contributed by atoms with Crippen LogP contribution in [0.3, 0.4) is 0 Å². The molecule has 0 saturated carbocycles. The zero-order chi connectivity index (χ0) is 9.84. The minimum atomic E-state index is -1.09. The van der Waals surface area contributed by atoms with Crippen molar-refractivity contribution in [1.29, 1.82) is 0 Å². The summed E-state index contributed by atoms with van der Waals surface area (Å²) in [4.78, 5) is 20.9. The topological polar surface area (TPSA) is 79.5 Å². The van der Waals surface area contributed by atoms with E-state index in [0.717, 1.165) is 4.57 Å². The van der Waals surface area contributed by atoms with Gasteiger partial charge in [0.25, 0.3) is 0 Å². The second kappa shape index (κ2) is 3.86. The largest absolute Gasteiger partial charge is 0.478 e. The lowest BCUT2D eigenvalue weighted by atomic mass is 10.1. The minimum absolute atomic E-state index is 0.0566. The smallest absolute Gasteiger partial charge is 0.337 e. The average molecular weight is 183 g/mol. The molecule has 0 atom stereocenters. The molecular formula is C8H9NO4. The summed E-state index contributed by atoms with van der Waals surface area (Å²) >= 11 is 0. The van der Waals surface area contributed by atoms with Gasteiger partial charge in [0, 0.05) is 19.0 Å². The highest BCUT2D eigenvalue weighted by Gasteiger charge is 2.12. The zero-order valence-corrected chi connectivity index (χ0v) is 6.80.